The number of rotatable bonds is 67. The molecular weight excluding hydrogens is 947 g/mol. The molecule has 0 spiro atoms. The lowest BCUT2D eigenvalue weighted by Gasteiger charge is -2.20. The first-order chi connectivity index (χ1) is 38.0. The van der Waals surface area contributed by atoms with E-state index >= 15 is 0 Å². The fourth-order valence-electron chi connectivity index (χ4n) is 11.4. The molecule has 1 amide bonds. The first-order valence-electron chi connectivity index (χ1n) is 35.5. The minimum Gasteiger partial charge on any atom is -0.466 e. The normalized spacial score (nSPS) is 12.5. The third-order valence-corrected chi connectivity index (χ3v) is 16.8. The van der Waals surface area contributed by atoms with Gasteiger partial charge in [0.25, 0.3) is 0 Å². The largest absolute Gasteiger partial charge is 0.466 e. The summed E-state index contributed by atoms with van der Waals surface area (Å²) in [6, 6.07) is -0.629. The van der Waals surface area contributed by atoms with Crippen LogP contribution in [0.3, 0.4) is 0 Å². The fourth-order valence-corrected chi connectivity index (χ4v) is 11.4. The smallest absolute Gasteiger partial charge is 0.305 e. The topological polar surface area (TPSA) is 95.9 Å². The standard InChI is InChI=1S/C71H139NO5/c1-3-5-7-9-11-13-15-17-19-21-23-28-31-35-39-43-47-51-55-59-63-69(74)68(67-73)72-70(75)64-60-56-52-48-44-40-36-32-29-25-24-26-30-34-38-42-46-50-54-58-62-66-77-71(76)65-61-57-53-49-45-41-37-33-27-22-20-18-16-14-12-10-8-6-4-2/h59,63,68-69,73-74H,3-58,60-62,64-67H2,1-2H3,(H,72,75)/b63-59+. The van der Waals surface area contributed by atoms with Crippen LogP contribution in [-0.2, 0) is 14.3 Å². The molecular formula is C71H139NO5. The molecule has 0 rings (SSSR count). The molecule has 77 heavy (non-hydrogen) atoms. The Morgan fingerprint density at radius 1 is 0.351 bits per heavy atom. The zero-order valence-electron chi connectivity index (χ0n) is 52.5. The van der Waals surface area contributed by atoms with Crippen molar-refractivity contribution in [3.8, 4) is 0 Å². The van der Waals surface area contributed by atoms with Gasteiger partial charge in [-0.3, -0.25) is 9.59 Å². The number of nitrogens with one attached hydrogen (secondary N) is 1. The number of aliphatic hydroxyl groups is 2. The van der Waals surface area contributed by atoms with Crippen LogP contribution in [0.2, 0.25) is 0 Å². The van der Waals surface area contributed by atoms with Crippen LogP contribution in [-0.4, -0.2) is 47.4 Å². The number of hydrogen-bond donors (Lipinski definition) is 3. The van der Waals surface area contributed by atoms with Crippen molar-refractivity contribution in [2.45, 2.75) is 418 Å². The van der Waals surface area contributed by atoms with Gasteiger partial charge in [-0.25, -0.2) is 0 Å². The second-order valence-electron chi connectivity index (χ2n) is 24.6. The lowest BCUT2D eigenvalue weighted by atomic mass is 10.0. The summed E-state index contributed by atoms with van der Waals surface area (Å²) >= 11 is 0. The Kier molecular flexibility index (Phi) is 65.9. The summed E-state index contributed by atoms with van der Waals surface area (Å²) in [7, 11) is 0. The van der Waals surface area contributed by atoms with Crippen molar-refractivity contribution in [3.05, 3.63) is 12.2 Å². The Hall–Kier alpha value is -1.40. The first kappa shape index (κ1) is 75.6. The average Bonchev–Trinajstić information content (AvgIpc) is 3.43. The van der Waals surface area contributed by atoms with Gasteiger partial charge in [-0.05, 0) is 32.1 Å². The Balaban J connectivity index is 3.38. The summed E-state index contributed by atoms with van der Waals surface area (Å²) in [6.45, 7) is 4.95. The zero-order valence-corrected chi connectivity index (χ0v) is 52.5. The number of amides is 1. The van der Waals surface area contributed by atoms with E-state index in [2.05, 4.69) is 19.2 Å². The second-order valence-corrected chi connectivity index (χ2v) is 24.6. The fraction of sp³-hybridized carbons (Fsp3) is 0.944. The number of aliphatic hydroxyl groups excluding tert-OH is 2. The van der Waals surface area contributed by atoms with Crippen LogP contribution in [0, 0.1) is 0 Å². The third kappa shape index (κ3) is 63.6. The highest BCUT2D eigenvalue weighted by molar-refractivity contribution is 5.76. The summed E-state index contributed by atoms with van der Waals surface area (Å²) in [6.07, 6.45) is 82.8. The summed E-state index contributed by atoms with van der Waals surface area (Å²) in [4.78, 5) is 24.6. The summed E-state index contributed by atoms with van der Waals surface area (Å²) in [5.74, 6) is -0.0470. The number of esters is 1. The molecule has 0 saturated carbocycles. The van der Waals surface area contributed by atoms with Crippen LogP contribution >= 0.6 is 0 Å². The second kappa shape index (κ2) is 67.1. The van der Waals surface area contributed by atoms with Crippen LogP contribution in [0.4, 0.5) is 0 Å². The van der Waals surface area contributed by atoms with E-state index in [0.29, 0.717) is 19.4 Å². The van der Waals surface area contributed by atoms with E-state index in [9.17, 15) is 19.8 Å². The molecule has 2 unspecified atom stereocenters. The predicted molar refractivity (Wildman–Crippen MR) is 338 cm³/mol. The van der Waals surface area contributed by atoms with Gasteiger partial charge in [-0.2, -0.15) is 0 Å². The van der Waals surface area contributed by atoms with Crippen molar-refractivity contribution < 1.29 is 24.5 Å². The molecule has 0 aromatic carbocycles. The third-order valence-electron chi connectivity index (χ3n) is 16.8. The number of carbonyl (C=O) groups is 2. The number of unbranched alkanes of at least 4 members (excludes halogenated alkanes) is 56. The summed E-state index contributed by atoms with van der Waals surface area (Å²) in [5, 5.41) is 23.2. The van der Waals surface area contributed by atoms with E-state index in [0.717, 1.165) is 38.5 Å². The molecule has 0 aliphatic heterocycles. The maximum atomic E-state index is 12.5. The molecule has 0 saturated heterocycles. The minimum atomic E-state index is -0.845. The van der Waals surface area contributed by atoms with E-state index in [1.807, 2.05) is 6.08 Å². The Morgan fingerprint density at radius 3 is 0.883 bits per heavy atom. The molecule has 0 fully saturated rings. The quantitative estimate of drug-likeness (QED) is 0.0320. The molecule has 0 aliphatic rings. The highest BCUT2D eigenvalue weighted by atomic mass is 16.5. The van der Waals surface area contributed by atoms with Crippen molar-refractivity contribution in [2.75, 3.05) is 13.2 Å². The molecule has 2 atom stereocenters. The van der Waals surface area contributed by atoms with E-state index in [-0.39, 0.29) is 18.5 Å². The maximum Gasteiger partial charge on any atom is 0.305 e. The highest BCUT2D eigenvalue weighted by Gasteiger charge is 2.18. The molecule has 0 aliphatic carbocycles. The number of ether oxygens (including phenoxy) is 1. The monoisotopic (exact) mass is 1090 g/mol. The molecule has 0 aromatic rings. The average molecular weight is 1090 g/mol. The van der Waals surface area contributed by atoms with Crippen molar-refractivity contribution in [1.82, 2.24) is 5.32 Å². The maximum absolute atomic E-state index is 12.5. The van der Waals surface area contributed by atoms with Gasteiger partial charge in [0.05, 0.1) is 25.4 Å². The summed E-state index contributed by atoms with van der Waals surface area (Å²) in [5.41, 5.74) is 0. The molecule has 0 bridgehead atoms. The lowest BCUT2D eigenvalue weighted by molar-refractivity contribution is -0.143. The van der Waals surface area contributed by atoms with Crippen molar-refractivity contribution in [1.29, 1.82) is 0 Å². The number of carbonyl (C=O) groups excluding carboxylic acids is 2. The molecule has 6 nitrogen and oxygen atoms in total. The van der Waals surface area contributed by atoms with Crippen LogP contribution < -0.4 is 5.32 Å². The minimum absolute atomic E-state index is 0.0174. The molecule has 0 heterocycles. The summed E-state index contributed by atoms with van der Waals surface area (Å²) < 4.78 is 5.51. The molecule has 3 N–H and O–H groups in total. The number of hydrogen-bond acceptors (Lipinski definition) is 5. The van der Waals surface area contributed by atoms with Crippen molar-refractivity contribution in [3.63, 3.8) is 0 Å². The molecule has 458 valence electrons. The van der Waals surface area contributed by atoms with Gasteiger partial charge >= 0.3 is 5.97 Å². The van der Waals surface area contributed by atoms with E-state index in [1.165, 1.54) is 340 Å². The SMILES string of the molecule is CCCCCCCCCCCCCCCCCCCC/C=C/C(O)C(CO)NC(=O)CCCCCCCCCCCCCCCCCCCCCCCOC(=O)CCCCCCCCCCCCCCCCCCCCC. The van der Waals surface area contributed by atoms with E-state index in [1.54, 1.807) is 6.08 Å². The predicted octanol–water partition coefficient (Wildman–Crippen LogP) is 22.8. The lowest BCUT2D eigenvalue weighted by Crippen LogP contribution is -2.45. The molecule has 0 aromatic heterocycles. The molecule has 0 radical (unpaired) electrons. The zero-order chi connectivity index (χ0) is 55.7. The van der Waals surface area contributed by atoms with Gasteiger partial charge < -0.3 is 20.3 Å². The van der Waals surface area contributed by atoms with Crippen molar-refractivity contribution >= 4 is 11.9 Å². The highest BCUT2D eigenvalue weighted by Crippen LogP contribution is 2.19. The van der Waals surface area contributed by atoms with Gasteiger partial charge in [0.2, 0.25) is 5.91 Å². The van der Waals surface area contributed by atoms with Gasteiger partial charge in [-0.15, -0.1) is 0 Å². The molecule has 6 heteroatoms. The van der Waals surface area contributed by atoms with Crippen LogP contribution in [0.5, 0.6) is 0 Å². The Morgan fingerprint density at radius 2 is 0.597 bits per heavy atom. The van der Waals surface area contributed by atoms with Crippen LogP contribution in [0.1, 0.15) is 406 Å². The first-order valence-corrected chi connectivity index (χ1v) is 35.5. The van der Waals surface area contributed by atoms with E-state index in [4.69, 9.17) is 4.74 Å². The van der Waals surface area contributed by atoms with Crippen LogP contribution in [0.15, 0.2) is 12.2 Å². The number of allylic oxidation sites excluding steroid dienone is 1. The Labute approximate surface area is 482 Å². The van der Waals surface area contributed by atoms with Gasteiger partial charge in [-0.1, -0.05) is 373 Å². The van der Waals surface area contributed by atoms with E-state index < -0.39 is 12.1 Å². The van der Waals surface area contributed by atoms with Gasteiger partial charge in [0.1, 0.15) is 0 Å². The van der Waals surface area contributed by atoms with Crippen molar-refractivity contribution in [2.24, 2.45) is 0 Å². The Bertz CT molecular complexity index is 1160. The van der Waals surface area contributed by atoms with Gasteiger partial charge in [0.15, 0.2) is 0 Å². The van der Waals surface area contributed by atoms with Gasteiger partial charge in [0, 0.05) is 12.8 Å². The van der Waals surface area contributed by atoms with Crippen LogP contribution in [0.25, 0.3) is 0 Å².